The van der Waals surface area contributed by atoms with E-state index in [4.69, 9.17) is 9.47 Å². The van der Waals surface area contributed by atoms with Gasteiger partial charge in [0.1, 0.15) is 11.9 Å². The molecule has 1 unspecified atom stereocenters. The average molecular weight is 267 g/mol. The van der Waals surface area contributed by atoms with Crippen LogP contribution in [0.15, 0.2) is 53.5 Å². The summed E-state index contributed by atoms with van der Waals surface area (Å²) >= 11 is 0. The van der Waals surface area contributed by atoms with Gasteiger partial charge in [-0.05, 0) is 36.8 Å². The number of hydrogen-bond acceptors (Lipinski definition) is 3. The molecule has 0 aliphatic carbocycles. The molecule has 2 aromatic rings. The smallest absolute Gasteiger partial charge is 0.221 e. The summed E-state index contributed by atoms with van der Waals surface area (Å²) in [5, 5.41) is 0. The van der Waals surface area contributed by atoms with Gasteiger partial charge in [-0.2, -0.15) is 0 Å². The normalized spacial score (nSPS) is 16.9. The Morgan fingerprint density at radius 3 is 2.55 bits per heavy atom. The van der Waals surface area contributed by atoms with Crippen molar-refractivity contribution in [1.29, 1.82) is 0 Å². The number of benzene rings is 2. The van der Waals surface area contributed by atoms with Crippen molar-refractivity contribution in [1.82, 2.24) is 0 Å². The summed E-state index contributed by atoms with van der Waals surface area (Å²) in [6.45, 7) is 2.12. The van der Waals surface area contributed by atoms with Crippen molar-refractivity contribution >= 4 is 11.6 Å². The van der Waals surface area contributed by atoms with E-state index in [1.165, 1.54) is 0 Å². The lowest BCUT2D eigenvalue weighted by atomic mass is 10.0. The van der Waals surface area contributed by atoms with Crippen molar-refractivity contribution in [2.75, 3.05) is 7.11 Å². The van der Waals surface area contributed by atoms with Crippen molar-refractivity contribution in [2.45, 2.75) is 19.4 Å². The molecule has 0 N–H and O–H groups in total. The maximum absolute atomic E-state index is 6.03. The van der Waals surface area contributed by atoms with Crippen LogP contribution in [0.3, 0.4) is 0 Å². The molecule has 102 valence electrons. The van der Waals surface area contributed by atoms with Crippen molar-refractivity contribution < 1.29 is 9.47 Å². The lowest BCUT2D eigenvalue weighted by Crippen LogP contribution is -2.16. The van der Waals surface area contributed by atoms with Gasteiger partial charge in [-0.25, -0.2) is 4.99 Å². The van der Waals surface area contributed by atoms with Crippen LogP contribution in [-0.2, 0) is 4.74 Å². The Kier molecular flexibility index (Phi) is 3.42. The molecular formula is C17H17NO2. The van der Waals surface area contributed by atoms with Gasteiger partial charge >= 0.3 is 0 Å². The standard InChI is InChI=1S/C17H17NO2/c1-3-16-14-6-4-5-7-15(14)18-17(20-16)12-8-10-13(19-2)11-9-12/h4-11,16H,3H2,1-2H3. The summed E-state index contributed by atoms with van der Waals surface area (Å²) in [5.41, 5.74) is 3.13. The highest BCUT2D eigenvalue weighted by Crippen LogP contribution is 2.35. The Labute approximate surface area is 118 Å². The fourth-order valence-corrected chi connectivity index (χ4v) is 2.37. The van der Waals surface area contributed by atoms with Gasteiger partial charge in [0.05, 0.1) is 12.8 Å². The molecule has 1 heterocycles. The summed E-state index contributed by atoms with van der Waals surface area (Å²) in [4.78, 5) is 4.62. The Hall–Kier alpha value is -2.29. The SMILES string of the molecule is CCC1OC(c2ccc(OC)cc2)=Nc2ccccc21. The molecule has 1 aliphatic rings. The van der Waals surface area contributed by atoms with Gasteiger partial charge in [0.15, 0.2) is 0 Å². The number of fused-ring (bicyclic) bond motifs is 1. The Balaban J connectivity index is 2.00. The number of rotatable bonds is 3. The molecule has 0 amide bonds. The van der Waals surface area contributed by atoms with Gasteiger partial charge in [0.2, 0.25) is 5.90 Å². The van der Waals surface area contributed by atoms with E-state index in [2.05, 4.69) is 18.0 Å². The van der Waals surface area contributed by atoms with Crippen LogP contribution in [0.2, 0.25) is 0 Å². The van der Waals surface area contributed by atoms with Crippen LogP contribution in [0, 0.1) is 0 Å². The number of nitrogens with zero attached hydrogens (tertiary/aromatic N) is 1. The first kappa shape index (κ1) is 12.7. The zero-order valence-electron chi connectivity index (χ0n) is 11.7. The minimum absolute atomic E-state index is 0.0702. The van der Waals surface area contributed by atoms with Gasteiger partial charge in [-0.1, -0.05) is 25.1 Å². The first-order chi connectivity index (χ1) is 9.81. The van der Waals surface area contributed by atoms with Gasteiger partial charge < -0.3 is 9.47 Å². The van der Waals surface area contributed by atoms with Gasteiger partial charge in [-0.15, -0.1) is 0 Å². The minimum atomic E-state index is 0.0702. The van der Waals surface area contributed by atoms with Crippen molar-refractivity contribution in [3.8, 4) is 5.75 Å². The number of aliphatic imine (C=N–C) groups is 1. The zero-order valence-corrected chi connectivity index (χ0v) is 11.7. The van der Waals surface area contributed by atoms with E-state index in [1.807, 2.05) is 42.5 Å². The quantitative estimate of drug-likeness (QED) is 0.832. The van der Waals surface area contributed by atoms with Crippen molar-refractivity contribution in [2.24, 2.45) is 4.99 Å². The van der Waals surface area contributed by atoms with E-state index < -0.39 is 0 Å². The van der Waals surface area contributed by atoms with Crippen LogP contribution in [0.1, 0.15) is 30.6 Å². The molecule has 2 aromatic carbocycles. The minimum Gasteiger partial charge on any atom is -0.497 e. The zero-order chi connectivity index (χ0) is 13.9. The predicted octanol–water partition coefficient (Wildman–Crippen LogP) is 4.25. The Morgan fingerprint density at radius 2 is 1.85 bits per heavy atom. The second-order valence-electron chi connectivity index (χ2n) is 4.72. The highest BCUT2D eigenvalue weighted by molar-refractivity contribution is 5.97. The number of hydrogen-bond donors (Lipinski definition) is 0. The molecule has 0 aromatic heterocycles. The molecule has 1 aliphatic heterocycles. The van der Waals surface area contributed by atoms with Gasteiger partial charge in [-0.3, -0.25) is 0 Å². The molecule has 0 saturated carbocycles. The lowest BCUT2D eigenvalue weighted by Gasteiger charge is -2.25. The van der Waals surface area contributed by atoms with E-state index in [0.717, 1.165) is 29.0 Å². The van der Waals surface area contributed by atoms with Gasteiger partial charge in [0, 0.05) is 11.1 Å². The highest BCUT2D eigenvalue weighted by Gasteiger charge is 2.22. The summed E-state index contributed by atoms with van der Waals surface area (Å²) < 4.78 is 11.2. The summed E-state index contributed by atoms with van der Waals surface area (Å²) in [6, 6.07) is 15.9. The molecule has 0 bridgehead atoms. The molecule has 0 fully saturated rings. The summed E-state index contributed by atoms with van der Waals surface area (Å²) in [6.07, 6.45) is 0.993. The maximum atomic E-state index is 6.03. The van der Waals surface area contributed by atoms with Crippen LogP contribution >= 0.6 is 0 Å². The summed E-state index contributed by atoms with van der Waals surface area (Å²) in [5.74, 6) is 1.51. The Morgan fingerprint density at radius 1 is 1.10 bits per heavy atom. The average Bonchev–Trinajstić information content (AvgIpc) is 2.54. The molecule has 20 heavy (non-hydrogen) atoms. The van der Waals surface area contributed by atoms with E-state index in [-0.39, 0.29) is 6.10 Å². The third kappa shape index (κ3) is 2.27. The second-order valence-corrected chi connectivity index (χ2v) is 4.72. The van der Waals surface area contributed by atoms with Crippen LogP contribution in [0.4, 0.5) is 5.69 Å². The van der Waals surface area contributed by atoms with Crippen LogP contribution in [0.25, 0.3) is 0 Å². The van der Waals surface area contributed by atoms with Crippen LogP contribution < -0.4 is 4.74 Å². The number of ether oxygens (including phenoxy) is 2. The van der Waals surface area contributed by atoms with Crippen molar-refractivity contribution in [3.05, 3.63) is 59.7 Å². The number of methoxy groups -OCH3 is 1. The largest absolute Gasteiger partial charge is 0.497 e. The first-order valence-electron chi connectivity index (χ1n) is 6.80. The van der Waals surface area contributed by atoms with Crippen LogP contribution in [-0.4, -0.2) is 13.0 Å². The third-order valence-electron chi connectivity index (χ3n) is 3.47. The van der Waals surface area contributed by atoms with Gasteiger partial charge in [0.25, 0.3) is 0 Å². The van der Waals surface area contributed by atoms with E-state index in [9.17, 15) is 0 Å². The maximum Gasteiger partial charge on any atom is 0.221 e. The van der Waals surface area contributed by atoms with E-state index in [1.54, 1.807) is 7.11 Å². The van der Waals surface area contributed by atoms with Crippen molar-refractivity contribution in [3.63, 3.8) is 0 Å². The Bertz CT molecular complexity index is 632. The van der Waals surface area contributed by atoms with Crippen LogP contribution in [0.5, 0.6) is 5.75 Å². The highest BCUT2D eigenvalue weighted by atomic mass is 16.5. The van der Waals surface area contributed by atoms with E-state index in [0.29, 0.717) is 5.90 Å². The third-order valence-corrected chi connectivity index (χ3v) is 3.47. The molecule has 0 saturated heterocycles. The molecular weight excluding hydrogens is 250 g/mol. The molecule has 0 spiro atoms. The first-order valence-corrected chi connectivity index (χ1v) is 6.80. The van der Waals surface area contributed by atoms with E-state index >= 15 is 0 Å². The predicted molar refractivity (Wildman–Crippen MR) is 79.8 cm³/mol. The summed E-state index contributed by atoms with van der Waals surface area (Å²) in [7, 11) is 1.66. The lowest BCUT2D eigenvalue weighted by molar-refractivity contribution is 0.184. The fourth-order valence-electron chi connectivity index (χ4n) is 2.37. The number of para-hydroxylation sites is 1. The second kappa shape index (κ2) is 5.37. The topological polar surface area (TPSA) is 30.8 Å². The molecule has 3 nitrogen and oxygen atoms in total. The molecule has 0 radical (unpaired) electrons. The fraction of sp³-hybridized carbons (Fsp3) is 0.235. The molecule has 1 atom stereocenters. The molecule has 3 rings (SSSR count). The monoisotopic (exact) mass is 267 g/mol. The molecule has 3 heteroatoms.